The molecule has 0 unspecified atom stereocenters. The predicted molar refractivity (Wildman–Crippen MR) is 156 cm³/mol. The van der Waals surface area contributed by atoms with E-state index in [2.05, 4.69) is 49.2 Å². The molecule has 35 heavy (non-hydrogen) atoms. The van der Waals surface area contributed by atoms with Gasteiger partial charge in [-0.25, -0.2) is 0 Å². The minimum atomic E-state index is -0.289. The Hall–Kier alpha value is -1.59. The normalized spacial score (nSPS) is 20.1. The number of thiocarbonyl (C=S) groups is 1. The van der Waals surface area contributed by atoms with Crippen molar-refractivity contribution in [3.05, 3.63) is 68.7 Å². The van der Waals surface area contributed by atoms with Crippen LogP contribution in [0.5, 0.6) is 0 Å². The van der Waals surface area contributed by atoms with Crippen LogP contribution in [0.4, 0.5) is 5.69 Å². The van der Waals surface area contributed by atoms with Gasteiger partial charge < -0.3 is 10.2 Å². The molecule has 1 atom stereocenters. The smallest absolute Gasteiger partial charge is 0.179 e. The van der Waals surface area contributed by atoms with E-state index >= 15 is 0 Å². The van der Waals surface area contributed by atoms with E-state index in [0.717, 1.165) is 53.4 Å². The molecule has 1 aliphatic heterocycles. The minimum Gasteiger partial charge on any atom is -0.319 e. The van der Waals surface area contributed by atoms with Crippen LogP contribution < -0.4 is 10.2 Å². The topological polar surface area (TPSA) is 27.6 Å². The number of nitrogens with zero attached hydrogens (tertiary/aromatic N) is 2. The number of benzene rings is 2. The van der Waals surface area contributed by atoms with Gasteiger partial charge in [-0.1, -0.05) is 99.1 Å². The fourth-order valence-corrected chi connectivity index (χ4v) is 5.93. The monoisotopic (exact) mass is 547 g/mol. The molecule has 1 spiro atoms. The van der Waals surface area contributed by atoms with Crippen LogP contribution in [-0.2, 0) is 0 Å². The van der Waals surface area contributed by atoms with Gasteiger partial charge in [0, 0.05) is 20.8 Å². The fraction of sp³-hybridized carbons (Fsp3) is 0.429. The highest BCUT2D eigenvalue weighted by atomic mass is 35.5. The van der Waals surface area contributed by atoms with Crippen molar-refractivity contribution >= 4 is 69.7 Å². The van der Waals surface area contributed by atoms with Gasteiger partial charge in [-0.3, -0.25) is 4.99 Å². The first-order chi connectivity index (χ1) is 16.5. The molecule has 0 bridgehead atoms. The maximum Gasteiger partial charge on any atom is 0.179 e. The van der Waals surface area contributed by atoms with Crippen molar-refractivity contribution in [3.63, 3.8) is 0 Å². The van der Waals surface area contributed by atoms with Crippen LogP contribution in [-0.4, -0.2) is 22.5 Å². The summed E-state index contributed by atoms with van der Waals surface area (Å²) in [5.41, 5.74) is 2.59. The molecule has 2 fully saturated rings. The second kappa shape index (κ2) is 10.4. The summed E-state index contributed by atoms with van der Waals surface area (Å²) in [4.78, 5) is 7.59. The highest BCUT2D eigenvalue weighted by Crippen LogP contribution is 2.42. The lowest BCUT2D eigenvalue weighted by atomic mass is 9.79. The lowest BCUT2D eigenvalue weighted by Crippen LogP contribution is -2.51. The fourth-order valence-electron chi connectivity index (χ4n) is 4.90. The third-order valence-corrected chi connectivity index (χ3v) is 8.22. The number of hydrogen-bond acceptors (Lipinski definition) is 2. The van der Waals surface area contributed by atoms with Crippen LogP contribution in [0.25, 0.3) is 6.08 Å². The summed E-state index contributed by atoms with van der Waals surface area (Å²) in [6.07, 6.45) is 9.65. The van der Waals surface area contributed by atoms with E-state index in [1.165, 1.54) is 6.42 Å². The van der Waals surface area contributed by atoms with Gasteiger partial charge in [0.2, 0.25) is 0 Å². The Morgan fingerprint density at radius 3 is 2.37 bits per heavy atom. The van der Waals surface area contributed by atoms with Crippen molar-refractivity contribution in [2.24, 2.45) is 10.4 Å². The van der Waals surface area contributed by atoms with Crippen molar-refractivity contribution in [2.75, 3.05) is 4.90 Å². The lowest BCUT2D eigenvalue weighted by Gasteiger charge is -2.41. The van der Waals surface area contributed by atoms with Crippen LogP contribution in [0.15, 0.2) is 47.5 Å². The average Bonchev–Trinajstić information content (AvgIpc) is 3.04. The Bertz CT molecular complexity index is 1180. The Balaban J connectivity index is 1.76. The molecule has 1 heterocycles. The number of aliphatic imine (C=N–C) groups is 1. The van der Waals surface area contributed by atoms with Crippen LogP contribution in [0.3, 0.4) is 0 Å². The third-order valence-electron chi connectivity index (χ3n) is 6.97. The number of anilines is 1. The van der Waals surface area contributed by atoms with Crippen molar-refractivity contribution in [1.82, 2.24) is 5.32 Å². The van der Waals surface area contributed by atoms with Crippen molar-refractivity contribution in [1.29, 1.82) is 0 Å². The molecule has 2 aliphatic rings. The number of amidine groups is 1. The largest absolute Gasteiger partial charge is 0.319 e. The quantitative estimate of drug-likeness (QED) is 0.387. The molecular formula is C28H32Cl3N3S. The van der Waals surface area contributed by atoms with Gasteiger partial charge in [-0.15, -0.1) is 0 Å². The van der Waals surface area contributed by atoms with Gasteiger partial charge >= 0.3 is 0 Å². The first kappa shape index (κ1) is 26.5. The van der Waals surface area contributed by atoms with Crippen molar-refractivity contribution in [3.8, 4) is 0 Å². The molecule has 2 aromatic carbocycles. The summed E-state index contributed by atoms with van der Waals surface area (Å²) in [5.74, 6) is 0.950. The van der Waals surface area contributed by atoms with Gasteiger partial charge in [0.1, 0.15) is 11.4 Å². The third kappa shape index (κ3) is 5.56. The van der Waals surface area contributed by atoms with Crippen LogP contribution in [0.2, 0.25) is 15.1 Å². The molecule has 1 N–H and O–H groups in total. The van der Waals surface area contributed by atoms with Gasteiger partial charge in [0.05, 0.1) is 6.04 Å². The molecular weight excluding hydrogens is 517 g/mol. The number of halogens is 3. The molecule has 2 aromatic rings. The van der Waals surface area contributed by atoms with E-state index < -0.39 is 0 Å². The molecule has 186 valence electrons. The number of hydrogen-bond donors (Lipinski definition) is 1. The Morgan fingerprint density at radius 2 is 1.74 bits per heavy atom. The molecule has 4 rings (SSSR count). The molecule has 0 amide bonds. The van der Waals surface area contributed by atoms with Gasteiger partial charge in [0.25, 0.3) is 0 Å². The summed E-state index contributed by atoms with van der Waals surface area (Å²) in [7, 11) is 0. The first-order valence-corrected chi connectivity index (χ1v) is 13.6. The highest BCUT2D eigenvalue weighted by Gasteiger charge is 2.50. The second-order valence-corrected chi connectivity index (χ2v) is 12.2. The van der Waals surface area contributed by atoms with Crippen molar-refractivity contribution < 1.29 is 0 Å². The molecule has 7 heteroatoms. The van der Waals surface area contributed by atoms with Gasteiger partial charge in [0.15, 0.2) is 5.11 Å². The Labute approximate surface area is 229 Å². The Kier molecular flexibility index (Phi) is 7.88. The van der Waals surface area contributed by atoms with Crippen molar-refractivity contribution in [2.45, 2.75) is 71.4 Å². The number of nitrogens with one attached hydrogen (secondary N) is 1. The summed E-state index contributed by atoms with van der Waals surface area (Å²) in [6.45, 7) is 8.62. The standard InChI is InChI=1S/C28H32Cl3N3S/c1-18-8-12-21(17-22(18)30)34-26(35)33-25(28(34)14-6-5-7-15-28)32-24(27(2,3)4)13-10-19-9-11-20(29)16-23(19)31/h8-13,16-17,24H,5-7,14-15H2,1-4H3,(H,32,33,35)/b13-10+/t24-/m0/s1. The van der Waals surface area contributed by atoms with Gasteiger partial charge in [-0.05, 0) is 72.8 Å². The van der Waals surface area contributed by atoms with Crippen LogP contribution in [0, 0.1) is 12.3 Å². The molecule has 3 nitrogen and oxygen atoms in total. The van der Waals surface area contributed by atoms with E-state index in [4.69, 9.17) is 52.0 Å². The van der Waals surface area contributed by atoms with Crippen LogP contribution in [0.1, 0.15) is 64.0 Å². The Morgan fingerprint density at radius 1 is 1.03 bits per heavy atom. The summed E-state index contributed by atoms with van der Waals surface area (Å²) >= 11 is 24.9. The average molecular weight is 549 g/mol. The zero-order valence-electron chi connectivity index (χ0n) is 20.7. The van der Waals surface area contributed by atoms with E-state index in [1.54, 1.807) is 6.07 Å². The summed E-state index contributed by atoms with van der Waals surface area (Å²) < 4.78 is 0. The maximum atomic E-state index is 6.52. The molecule has 1 saturated carbocycles. The van der Waals surface area contributed by atoms with E-state index in [9.17, 15) is 0 Å². The van der Waals surface area contributed by atoms with E-state index in [1.807, 2.05) is 31.2 Å². The first-order valence-electron chi connectivity index (χ1n) is 12.1. The molecule has 0 radical (unpaired) electrons. The zero-order chi connectivity index (χ0) is 25.4. The molecule has 0 aromatic heterocycles. The number of aryl methyl sites for hydroxylation is 1. The minimum absolute atomic E-state index is 0.0834. The number of rotatable bonds is 4. The van der Waals surface area contributed by atoms with E-state index in [-0.39, 0.29) is 17.0 Å². The van der Waals surface area contributed by atoms with E-state index in [0.29, 0.717) is 15.2 Å². The lowest BCUT2D eigenvalue weighted by molar-refractivity contribution is 0.357. The summed E-state index contributed by atoms with van der Waals surface area (Å²) in [6, 6.07) is 11.7. The van der Waals surface area contributed by atoms with Crippen LogP contribution >= 0.6 is 47.0 Å². The highest BCUT2D eigenvalue weighted by molar-refractivity contribution is 7.80. The predicted octanol–water partition coefficient (Wildman–Crippen LogP) is 8.88. The SMILES string of the molecule is Cc1ccc(N2C(=S)NC(=N[C@@H](/C=C/c3ccc(Cl)cc3Cl)C(C)(C)C)C23CCCCC3)cc1Cl. The maximum absolute atomic E-state index is 6.52. The molecule has 1 aliphatic carbocycles. The zero-order valence-corrected chi connectivity index (χ0v) is 23.8. The summed E-state index contributed by atoms with van der Waals surface area (Å²) in [5, 5.41) is 6.18. The molecule has 1 saturated heterocycles. The second-order valence-electron chi connectivity index (χ2n) is 10.6. The van der Waals surface area contributed by atoms with Gasteiger partial charge in [-0.2, -0.15) is 0 Å².